The van der Waals surface area contributed by atoms with Gasteiger partial charge < -0.3 is 10.2 Å². The topological polar surface area (TPSA) is 49.4 Å². The number of hydrogen-bond donors (Lipinski definition) is 1. The van der Waals surface area contributed by atoms with Crippen molar-refractivity contribution >= 4 is 11.8 Å². The van der Waals surface area contributed by atoms with Crippen LogP contribution in [0.2, 0.25) is 0 Å². The average Bonchev–Trinajstić information content (AvgIpc) is 2.05. The van der Waals surface area contributed by atoms with E-state index in [1.807, 2.05) is 0 Å². The largest absolute Gasteiger partial charge is 0.406 e. The Morgan fingerprint density at radius 2 is 1.93 bits per heavy atom. The molecule has 0 spiro atoms. The fourth-order valence-electron chi connectivity index (χ4n) is 1.37. The van der Waals surface area contributed by atoms with E-state index in [1.165, 1.54) is 13.8 Å². The number of piperazine rings is 1. The van der Waals surface area contributed by atoms with Crippen LogP contribution in [0.4, 0.5) is 13.2 Å². The molecule has 1 aliphatic heterocycles. The molecule has 1 heterocycles. The van der Waals surface area contributed by atoms with Crippen LogP contribution in [0.5, 0.6) is 0 Å². The molecular weight excluding hydrogens is 213 g/mol. The number of nitrogens with one attached hydrogen (secondary N) is 1. The maximum atomic E-state index is 12.2. The third kappa shape index (κ3) is 2.40. The minimum Gasteiger partial charge on any atom is -0.345 e. The minimum absolute atomic E-state index is 0.377. The molecule has 4 nitrogen and oxygen atoms in total. The molecule has 1 N–H and O–H groups in total. The lowest BCUT2D eigenvalue weighted by Gasteiger charge is -2.41. The molecule has 0 aromatic rings. The summed E-state index contributed by atoms with van der Waals surface area (Å²) in [6.45, 7) is 0.793. The highest BCUT2D eigenvalue weighted by atomic mass is 19.4. The predicted molar refractivity (Wildman–Crippen MR) is 44.9 cm³/mol. The van der Waals surface area contributed by atoms with Crippen LogP contribution in [-0.4, -0.2) is 41.5 Å². The Kier molecular flexibility index (Phi) is 2.67. The lowest BCUT2D eigenvalue weighted by molar-refractivity contribution is -0.178. The van der Waals surface area contributed by atoms with Gasteiger partial charge in [-0.1, -0.05) is 0 Å². The van der Waals surface area contributed by atoms with E-state index < -0.39 is 30.1 Å². The number of alkyl halides is 3. The first-order valence-corrected chi connectivity index (χ1v) is 4.30. The van der Waals surface area contributed by atoms with Crippen molar-refractivity contribution in [1.29, 1.82) is 0 Å². The highest BCUT2D eigenvalue weighted by molar-refractivity contribution is 5.97. The van der Waals surface area contributed by atoms with E-state index in [4.69, 9.17) is 0 Å². The molecule has 1 rings (SSSR count). The lowest BCUT2D eigenvalue weighted by atomic mass is 9.98. The fourth-order valence-corrected chi connectivity index (χ4v) is 1.37. The highest BCUT2D eigenvalue weighted by Gasteiger charge is 2.46. The summed E-state index contributed by atoms with van der Waals surface area (Å²) in [6, 6.07) is 0. The van der Waals surface area contributed by atoms with Gasteiger partial charge in [-0.25, -0.2) is 0 Å². The van der Waals surface area contributed by atoms with Gasteiger partial charge in [-0.15, -0.1) is 0 Å². The molecule has 0 saturated carbocycles. The fraction of sp³-hybridized carbons (Fsp3) is 0.750. The third-order valence-corrected chi connectivity index (χ3v) is 2.27. The molecule has 86 valence electrons. The Morgan fingerprint density at radius 3 is 2.40 bits per heavy atom. The zero-order valence-corrected chi connectivity index (χ0v) is 8.31. The predicted octanol–water partition coefficient (Wildman–Crippen LogP) is 0.286. The van der Waals surface area contributed by atoms with Gasteiger partial charge in [0.1, 0.15) is 12.1 Å². The monoisotopic (exact) mass is 224 g/mol. The molecule has 1 fully saturated rings. The second kappa shape index (κ2) is 3.39. The van der Waals surface area contributed by atoms with Crippen molar-refractivity contribution in [2.24, 2.45) is 0 Å². The molecule has 0 aliphatic carbocycles. The van der Waals surface area contributed by atoms with E-state index in [-0.39, 0.29) is 6.54 Å². The molecule has 0 radical (unpaired) electrons. The molecule has 0 bridgehead atoms. The molecular formula is C8H11F3N2O2. The SMILES string of the molecule is CC1(C)C(=O)NCC(=O)N1CC(F)(F)F. The maximum absolute atomic E-state index is 12.2. The summed E-state index contributed by atoms with van der Waals surface area (Å²) in [7, 11) is 0. The first-order chi connectivity index (χ1) is 6.64. The summed E-state index contributed by atoms with van der Waals surface area (Å²) in [5.41, 5.74) is -1.45. The Hall–Kier alpha value is -1.27. The van der Waals surface area contributed by atoms with Crippen LogP contribution in [0.25, 0.3) is 0 Å². The Morgan fingerprint density at radius 1 is 1.40 bits per heavy atom. The Balaban J connectivity index is 2.91. The van der Waals surface area contributed by atoms with Gasteiger partial charge in [0, 0.05) is 0 Å². The van der Waals surface area contributed by atoms with Crippen LogP contribution in [0.1, 0.15) is 13.8 Å². The van der Waals surface area contributed by atoms with Crippen molar-refractivity contribution < 1.29 is 22.8 Å². The van der Waals surface area contributed by atoms with Crippen LogP contribution >= 0.6 is 0 Å². The second-order valence-corrected chi connectivity index (χ2v) is 3.84. The number of nitrogens with zero attached hydrogens (tertiary/aromatic N) is 1. The zero-order valence-electron chi connectivity index (χ0n) is 8.31. The third-order valence-electron chi connectivity index (χ3n) is 2.27. The molecule has 1 aliphatic rings. The normalized spacial score (nSPS) is 21.5. The molecule has 0 aromatic heterocycles. The first-order valence-electron chi connectivity index (χ1n) is 4.30. The smallest absolute Gasteiger partial charge is 0.345 e. The summed E-state index contributed by atoms with van der Waals surface area (Å²) in [5.74, 6) is -1.30. The van der Waals surface area contributed by atoms with Crippen molar-refractivity contribution in [3.63, 3.8) is 0 Å². The van der Waals surface area contributed by atoms with Crippen molar-refractivity contribution in [2.45, 2.75) is 25.6 Å². The van der Waals surface area contributed by atoms with E-state index >= 15 is 0 Å². The van der Waals surface area contributed by atoms with Gasteiger partial charge in [-0.05, 0) is 13.8 Å². The van der Waals surface area contributed by atoms with Gasteiger partial charge >= 0.3 is 6.18 Å². The lowest BCUT2D eigenvalue weighted by Crippen LogP contribution is -2.65. The summed E-state index contributed by atoms with van der Waals surface area (Å²) < 4.78 is 36.5. The van der Waals surface area contributed by atoms with E-state index in [2.05, 4.69) is 5.32 Å². The molecule has 0 aromatic carbocycles. The van der Waals surface area contributed by atoms with E-state index in [0.29, 0.717) is 4.90 Å². The van der Waals surface area contributed by atoms with E-state index in [9.17, 15) is 22.8 Å². The molecule has 7 heteroatoms. The summed E-state index contributed by atoms with van der Waals surface area (Å²) in [5, 5.41) is 2.24. The van der Waals surface area contributed by atoms with Gasteiger partial charge in [0.05, 0.1) is 6.54 Å². The Bertz CT molecular complexity index is 299. The number of carbonyl (C=O) groups excluding carboxylic acids is 2. The maximum Gasteiger partial charge on any atom is 0.406 e. The van der Waals surface area contributed by atoms with Crippen LogP contribution in [0, 0.1) is 0 Å². The number of carbonyl (C=O) groups is 2. The quantitative estimate of drug-likeness (QED) is 0.695. The second-order valence-electron chi connectivity index (χ2n) is 3.84. The summed E-state index contributed by atoms with van der Waals surface area (Å²) >= 11 is 0. The van der Waals surface area contributed by atoms with Gasteiger partial charge in [0.15, 0.2) is 0 Å². The van der Waals surface area contributed by atoms with Gasteiger partial charge in [0.2, 0.25) is 11.8 Å². The average molecular weight is 224 g/mol. The highest BCUT2D eigenvalue weighted by Crippen LogP contribution is 2.24. The van der Waals surface area contributed by atoms with Crippen LogP contribution in [-0.2, 0) is 9.59 Å². The summed E-state index contributed by atoms with van der Waals surface area (Å²) in [4.78, 5) is 23.1. The van der Waals surface area contributed by atoms with Crippen molar-refractivity contribution in [3.8, 4) is 0 Å². The van der Waals surface area contributed by atoms with Gasteiger partial charge in [-0.2, -0.15) is 13.2 Å². The van der Waals surface area contributed by atoms with Gasteiger partial charge in [0.25, 0.3) is 0 Å². The molecule has 1 saturated heterocycles. The zero-order chi connectivity index (χ0) is 11.9. The number of hydrogen-bond acceptors (Lipinski definition) is 2. The molecule has 2 amide bonds. The van der Waals surface area contributed by atoms with Crippen LogP contribution < -0.4 is 5.32 Å². The van der Waals surface area contributed by atoms with Crippen molar-refractivity contribution in [2.75, 3.05) is 13.1 Å². The Labute approximate surface area is 84.4 Å². The number of halogens is 3. The van der Waals surface area contributed by atoms with Crippen LogP contribution in [0.3, 0.4) is 0 Å². The number of rotatable bonds is 1. The standard InChI is InChI=1S/C8H11F3N2O2/c1-7(2)6(15)12-3-5(14)13(7)4-8(9,10)11/h3-4H2,1-2H3,(H,12,15). The van der Waals surface area contributed by atoms with Crippen molar-refractivity contribution in [3.05, 3.63) is 0 Å². The van der Waals surface area contributed by atoms with Crippen molar-refractivity contribution in [1.82, 2.24) is 10.2 Å². The molecule has 15 heavy (non-hydrogen) atoms. The summed E-state index contributed by atoms with van der Waals surface area (Å²) in [6.07, 6.45) is -4.50. The van der Waals surface area contributed by atoms with Gasteiger partial charge in [-0.3, -0.25) is 9.59 Å². The minimum atomic E-state index is -4.50. The first kappa shape index (κ1) is 11.8. The van der Waals surface area contributed by atoms with Crippen LogP contribution in [0.15, 0.2) is 0 Å². The number of amides is 2. The van der Waals surface area contributed by atoms with E-state index in [0.717, 1.165) is 0 Å². The molecule has 0 unspecified atom stereocenters. The van der Waals surface area contributed by atoms with E-state index in [1.54, 1.807) is 0 Å². The molecule has 0 atom stereocenters.